The number of rotatable bonds is 3. The SMILES string of the molecule is COC(=O)[C@@H]1CC2(C[N+]1(Cc1ccccc1)C(=O)[O-])OCCCO2. The number of benzene rings is 1. The monoisotopic (exact) mass is 335 g/mol. The van der Waals surface area contributed by atoms with E-state index in [0.29, 0.717) is 13.2 Å². The molecule has 2 fully saturated rings. The maximum atomic E-state index is 12.3. The molecular formula is C17H21NO6. The quantitative estimate of drug-likeness (QED) is 0.588. The van der Waals surface area contributed by atoms with E-state index in [1.54, 1.807) is 0 Å². The van der Waals surface area contributed by atoms with Gasteiger partial charge in [0.15, 0.2) is 6.04 Å². The van der Waals surface area contributed by atoms with Crippen molar-refractivity contribution in [3.05, 3.63) is 35.9 Å². The van der Waals surface area contributed by atoms with E-state index in [2.05, 4.69) is 0 Å². The Morgan fingerprint density at radius 2 is 1.96 bits per heavy atom. The first-order valence-corrected chi connectivity index (χ1v) is 7.99. The molecule has 2 aliphatic rings. The van der Waals surface area contributed by atoms with Crippen LogP contribution in [0.1, 0.15) is 18.4 Å². The molecule has 0 aromatic heterocycles. The average Bonchev–Trinajstić information content (AvgIpc) is 2.90. The van der Waals surface area contributed by atoms with Gasteiger partial charge in [-0.05, 0) is 6.42 Å². The van der Waals surface area contributed by atoms with Crippen molar-refractivity contribution in [2.45, 2.75) is 31.2 Å². The van der Waals surface area contributed by atoms with Gasteiger partial charge in [0.1, 0.15) is 13.1 Å². The highest BCUT2D eigenvalue weighted by molar-refractivity contribution is 5.77. The number of esters is 1. The minimum atomic E-state index is -1.33. The van der Waals surface area contributed by atoms with Gasteiger partial charge in [0, 0.05) is 5.56 Å². The minimum absolute atomic E-state index is 0.0179. The fourth-order valence-corrected chi connectivity index (χ4v) is 3.65. The molecular weight excluding hydrogens is 314 g/mol. The van der Waals surface area contributed by atoms with Crippen LogP contribution >= 0.6 is 0 Å². The van der Waals surface area contributed by atoms with Crippen LogP contribution in [0.2, 0.25) is 0 Å². The molecule has 1 unspecified atom stereocenters. The Bertz CT molecular complexity index is 613. The van der Waals surface area contributed by atoms with Crippen molar-refractivity contribution in [2.24, 2.45) is 0 Å². The van der Waals surface area contributed by atoms with Gasteiger partial charge in [-0.15, -0.1) is 0 Å². The molecule has 3 rings (SSSR count). The molecule has 7 nitrogen and oxygen atoms in total. The Hall–Kier alpha value is -1.96. The van der Waals surface area contributed by atoms with Gasteiger partial charge in [0.25, 0.3) is 6.09 Å². The zero-order valence-corrected chi connectivity index (χ0v) is 13.6. The Morgan fingerprint density at radius 3 is 2.54 bits per heavy atom. The molecule has 130 valence electrons. The lowest BCUT2D eigenvalue weighted by molar-refractivity contribution is -0.896. The Kier molecular flexibility index (Phi) is 4.58. The van der Waals surface area contributed by atoms with Crippen LogP contribution in [-0.2, 0) is 25.5 Å². The van der Waals surface area contributed by atoms with Crippen molar-refractivity contribution in [1.82, 2.24) is 0 Å². The van der Waals surface area contributed by atoms with Crippen LogP contribution < -0.4 is 5.11 Å². The third kappa shape index (κ3) is 2.90. The highest BCUT2D eigenvalue weighted by atomic mass is 16.7. The van der Waals surface area contributed by atoms with Crippen molar-refractivity contribution < 1.29 is 33.4 Å². The summed E-state index contributed by atoms with van der Waals surface area (Å²) in [6, 6.07) is 8.22. The predicted molar refractivity (Wildman–Crippen MR) is 80.3 cm³/mol. The second-order valence-corrected chi connectivity index (χ2v) is 6.31. The Balaban J connectivity index is 1.99. The third-order valence-corrected chi connectivity index (χ3v) is 4.79. The third-order valence-electron chi connectivity index (χ3n) is 4.79. The van der Waals surface area contributed by atoms with Gasteiger partial charge in [-0.1, -0.05) is 30.3 Å². The Labute approximate surface area is 140 Å². The van der Waals surface area contributed by atoms with Crippen LogP contribution in [0.5, 0.6) is 0 Å². The number of hydrogen-bond donors (Lipinski definition) is 0. The molecule has 1 aromatic carbocycles. The molecule has 2 aliphatic heterocycles. The van der Waals surface area contributed by atoms with Crippen LogP contribution in [0.3, 0.4) is 0 Å². The summed E-state index contributed by atoms with van der Waals surface area (Å²) >= 11 is 0. The number of amides is 1. The van der Waals surface area contributed by atoms with Crippen LogP contribution in [0.4, 0.5) is 4.79 Å². The zero-order chi connectivity index (χ0) is 17.2. The molecule has 24 heavy (non-hydrogen) atoms. The van der Waals surface area contributed by atoms with E-state index in [1.807, 2.05) is 30.3 Å². The summed E-state index contributed by atoms with van der Waals surface area (Å²) < 4.78 is 15.8. The summed E-state index contributed by atoms with van der Waals surface area (Å²) in [4.78, 5) is 24.4. The van der Waals surface area contributed by atoms with E-state index < -0.39 is 28.4 Å². The summed E-state index contributed by atoms with van der Waals surface area (Å²) in [6.45, 7) is 1.08. The molecule has 0 saturated carbocycles. The number of methoxy groups -OCH3 is 1. The molecule has 1 aromatic rings. The number of carbonyl (C=O) groups excluding carboxylic acids is 2. The van der Waals surface area contributed by atoms with Crippen molar-refractivity contribution >= 4 is 12.1 Å². The molecule has 0 aliphatic carbocycles. The number of hydrogen-bond acceptors (Lipinski definition) is 6. The summed E-state index contributed by atoms with van der Waals surface area (Å²) in [5, 5.41) is 12.1. The van der Waals surface area contributed by atoms with E-state index in [9.17, 15) is 14.7 Å². The van der Waals surface area contributed by atoms with Gasteiger partial charge in [-0.25, -0.2) is 4.79 Å². The first kappa shape index (κ1) is 16.9. The number of carboxylic acid groups (broad SMARTS) is 1. The van der Waals surface area contributed by atoms with E-state index in [0.717, 1.165) is 12.0 Å². The number of quaternary nitrogens is 1. The molecule has 2 atom stereocenters. The van der Waals surface area contributed by atoms with Gasteiger partial charge in [0.05, 0.1) is 26.7 Å². The van der Waals surface area contributed by atoms with Crippen molar-refractivity contribution in [3.8, 4) is 0 Å². The normalized spacial score (nSPS) is 28.6. The summed E-state index contributed by atoms with van der Waals surface area (Å²) in [7, 11) is 1.25. The van der Waals surface area contributed by atoms with E-state index in [1.165, 1.54) is 7.11 Å². The van der Waals surface area contributed by atoms with Crippen LogP contribution in [0.15, 0.2) is 30.3 Å². The maximum Gasteiger partial charge on any atom is 0.365 e. The predicted octanol–water partition coefficient (Wildman–Crippen LogP) is 0.425. The average molecular weight is 335 g/mol. The smallest absolute Gasteiger partial charge is 0.365 e. The highest BCUT2D eigenvalue weighted by Crippen LogP contribution is 2.41. The highest BCUT2D eigenvalue weighted by Gasteiger charge is 2.62. The summed E-state index contributed by atoms with van der Waals surface area (Å²) in [5.74, 6) is -1.67. The molecule has 2 saturated heterocycles. The minimum Gasteiger partial charge on any atom is -0.498 e. The number of nitrogens with zero attached hydrogens (tertiary/aromatic N) is 1. The summed E-state index contributed by atoms with van der Waals surface area (Å²) in [5.41, 5.74) is 0.795. The van der Waals surface area contributed by atoms with Crippen molar-refractivity contribution in [2.75, 3.05) is 26.9 Å². The first-order valence-electron chi connectivity index (χ1n) is 7.99. The van der Waals surface area contributed by atoms with Gasteiger partial charge >= 0.3 is 5.97 Å². The number of likely N-dealkylation sites (tertiary alicyclic amines) is 1. The van der Waals surface area contributed by atoms with Crippen LogP contribution in [0, 0.1) is 0 Å². The van der Waals surface area contributed by atoms with Gasteiger partial charge < -0.3 is 24.1 Å². The van der Waals surface area contributed by atoms with Gasteiger partial charge in [-0.3, -0.25) is 4.48 Å². The fourth-order valence-electron chi connectivity index (χ4n) is 3.65. The lowest BCUT2D eigenvalue weighted by Crippen LogP contribution is -2.64. The standard InChI is InChI=1S/C17H21NO6/c1-22-15(19)14-10-17(23-8-5-9-24-17)12-18(14,16(20)21)11-13-6-3-2-4-7-13/h2-4,6-7,14H,5,8-12H2,1H3/t14-,18?/m0/s1. The lowest BCUT2D eigenvalue weighted by atomic mass is 10.1. The van der Waals surface area contributed by atoms with E-state index >= 15 is 0 Å². The number of ether oxygens (including phenoxy) is 3. The maximum absolute atomic E-state index is 12.3. The van der Waals surface area contributed by atoms with Crippen LogP contribution in [0.25, 0.3) is 0 Å². The van der Waals surface area contributed by atoms with Crippen molar-refractivity contribution in [3.63, 3.8) is 0 Å². The van der Waals surface area contributed by atoms with Gasteiger partial charge in [-0.2, -0.15) is 0 Å². The number of carbonyl (C=O) groups is 2. The first-order chi connectivity index (χ1) is 11.5. The van der Waals surface area contributed by atoms with E-state index in [4.69, 9.17) is 14.2 Å². The largest absolute Gasteiger partial charge is 0.498 e. The second-order valence-electron chi connectivity index (χ2n) is 6.31. The van der Waals surface area contributed by atoms with Crippen LogP contribution in [-0.4, -0.2) is 55.2 Å². The Morgan fingerprint density at radius 1 is 1.29 bits per heavy atom. The zero-order valence-electron chi connectivity index (χ0n) is 13.6. The van der Waals surface area contributed by atoms with E-state index in [-0.39, 0.29) is 19.5 Å². The molecule has 0 N–H and O–H groups in total. The second kappa shape index (κ2) is 6.51. The molecule has 2 heterocycles. The molecule has 7 heteroatoms. The lowest BCUT2D eigenvalue weighted by Gasteiger charge is -2.39. The summed E-state index contributed by atoms with van der Waals surface area (Å²) in [6.07, 6.45) is -0.446. The topological polar surface area (TPSA) is 84.9 Å². The molecule has 1 spiro atoms. The van der Waals surface area contributed by atoms with Crippen molar-refractivity contribution in [1.29, 1.82) is 0 Å². The molecule has 0 bridgehead atoms. The molecule has 0 radical (unpaired) electrons. The fraction of sp³-hybridized carbons (Fsp3) is 0.529. The molecule has 1 amide bonds. The van der Waals surface area contributed by atoms with Gasteiger partial charge in [0.2, 0.25) is 5.79 Å².